The molecule has 0 aromatic carbocycles. The van der Waals surface area contributed by atoms with Gasteiger partial charge in [0.25, 0.3) is 0 Å². The summed E-state index contributed by atoms with van der Waals surface area (Å²) < 4.78 is 0. The van der Waals surface area contributed by atoms with Crippen LogP contribution in [0.4, 0.5) is 4.79 Å². The molecule has 0 aliphatic carbocycles. The van der Waals surface area contributed by atoms with E-state index in [0.717, 1.165) is 19.5 Å². The predicted octanol–water partition coefficient (Wildman–Crippen LogP) is -0.924. The maximum absolute atomic E-state index is 11.4. The molecular weight excluding hydrogens is 186 g/mol. The van der Waals surface area contributed by atoms with Crippen molar-refractivity contribution in [2.75, 3.05) is 32.7 Å². The average molecular weight is 201 g/mol. The van der Waals surface area contributed by atoms with Crippen LogP contribution < -0.4 is 10.6 Å². The molecule has 6 heteroatoms. The van der Waals surface area contributed by atoms with Crippen LogP contribution in [0.2, 0.25) is 0 Å². The zero-order chi connectivity index (χ0) is 10.4. The van der Waals surface area contributed by atoms with Crippen molar-refractivity contribution in [3.8, 4) is 0 Å². The van der Waals surface area contributed by atoms with Crippen molar-refractivity contribution in [1.29, 1.82) is 0 Å². The molecule has 1 saturated heterocycles. The number of carbonyl (C=O) groups is 2. The Morgan fingerprint density at radius 2 is 2.14 bits per heavy atom. The third-order valence-electron chi connectivity index (χ3n) is 2.08. The fourth-order valence-electron chi connectivity index (χ4n) is 1.36. The Morgan fingerprint density at radius 1 is 1.36 bits per heavy atom. The second kappa shape index (κ2) is 5.43. The number of hydrogen-bond acceptors (Lipinski definition) is 3. The maximum Gasteiger partial charge on any atom is 0.405 e. The molecule has 3 N–H and O–H groups in total. The first kappa shape index (κ1) is 10.8. The van der Waals surface area contributed by atoms with E-state index in [1.807, 2.05) is 0 Å². The van der Waals surface area contributed by atoms with Crippen LogP contribution in [0.3, 0.4) is 0 Å². The second-order valence-electron chi connectivity index (χ2n) is 3.14. The molecule has 1 aliphatic heterocycles. The lowest BCUT2D eigenvalue weighted by atomic mass is 10.4. The summed E-state index contributed by atoms with van der Waals surface area (Å²) >= 11 is 0. The van der Waals surface area contributed by atoms with Gasteiger partial charge < -0.3 is 20.6 Å². The molecule has 14 heavy (non-hydrogen) atoms. The van der Waals surface area contributed by atoms with Crippen LogP contribution >= 0.6 is 0 Å². The Bertz CT molecular complexity index is 212. The summed E-state index contributed by atoms with van der Waals surface area (Å²) in [7, 11) is 0. The summed E-state index contributed by atoms with van der Waals surface area (Å²) in [5.74, 6) is -0.156. The number of carboxylic acid groups (broad SMARTS) is 1. The van der Waals surface area contributed by atoms with E-state index >= 15 is 0 Å². The lowest BCUT2D eigenvalue weighted by molar-refractivity contribution is -0.129. The number of carbonyl (C=O) groups excluding carboxylic acids is 1. The lowest BCUT2D eigenvalue weighted by Crippen LogP contribution is -2.41. The van der Waals surface area contributed by atoms with E-state index in [4.69, 9.17) is 5.11 Å². The van der Waals surface area contributed by atoms with Crippen molar-refractivity contribution in [2.45, 2.75) is 6.42 Å². The molecule has 2 amide bonds. The van der Waals surface area contributed by atoms with Crippen LogP contribution in [0.5, 0.6) is 0 Å². The molecule has 6 nitrogen and oxygen atoms in total. The highest BCUT2D eigenvalue weighted by molar-refractivity contribution is 5.81. The van der Waals surface area contributed by atoms with E-state index in [1.165, 1.54) is 0 Å². The fraction of sp³-hybridized carbons (Fsp3) is 0.750. The quantitative estimate of drug-likeness (QED) is 0.539. The smallest absolute Gasteiger partial charge is 0.405 e. The third kappa shape index (κ3) is 3.61. The summed E-state index contributed by atoms with van der Waals surface area (Å²) in [6.45, 7) is 2.91. The minimum atomic E-state index is -1.16. The minimum Gasteiger partial charge on any atom is -0.465 e. The monoisotopic (exact) mass is 201 g/mol. The summed E-state index contributed by atoms with van der Waals surface area (Å²) in [6.07, 6.45) is -0.245. The van der Waals surface area contributed by atoms with Gasteiger partial charge in [0, 0.05) is 19.6 Å². The van der Waals surface area contributed by atoms with Crippen LogP contribution in [0.1, 0.15) is 6.42 Å². The van der Waals surface area contributed by atoms with Crippen molar-refractivity contribution in [1.82, 2.24) is 15.5 Å². The highest BCUT2D eigenvalue weighted by atomic mass is 16.4. The molecule has 1 heterocycles. The zero-order valence-corrected chi connectivity index (χ0v) is 7.95. The summed E-state index contributed by atoms with van der Waals surface area (Å²) in [6, 6.07) is 0. The fourth-order valence-corrected chi connectivity index (χ4v) is 1.36. The molecule has 0 spiro atoms. The van der Waals surface area contributed by atoms with Gasteiger partial charge in [-0.05, 0) is 13.0 Å². The van der Waals surface area contributed by atoms with E-state index in [-0.39, 0.29) is 12.5 Å². The van der Waals surface area contributed by atoms with E-state index in [1.54, 1.807) is 4.90 Å². The van der Waals surface area contributed by atoms with Crippen molar-refractivity contribution in [3.05, 3.63) is 0 Å². The molecule has 0 aromatic rings. The normalized spacial score (nSPS) is 17.3. The number of rotatable bonds is 2. The Hall–Kier alpha value is -1.30. The molecule has 1 fully saturated rings. The maximum atomic E-state index is 11.4. The van der Waals surface area contributed by atoms with Gasteiger partial charge >= 0.3 is 6.09 Å². The standard InChI is InChI=1S/C8H15N3O3/c12-7(6-10-8(13)14)11-4-1-2-9-3-5-11/h9-10H,1-6H2,(H,13,14). The number of amides is 2. The third-order valence-corrected chi connectivity index (χ3v) is 2.08. The highest BCUT2D eigenvalue weighted by Gasteiger charge is 2.15. The zero-order valence-electron chi connectivity index (χ0n) is 7.95. The van der Waals surface area contributed by atoms with Gasteiger partial charge in [0.2, 0.25) is 5.91 Å². The summed E-state index contributed by atoms with van der Waals surface area (Å²) in [5, 5.41) is 13.6. The van der Waals surface area contributed by atoms with Crippen molar-refractivity contribution in [3.63, 3.8) is 0 Å². The number of hydrogen-bond donors (Lipinski definition) is 3. The van der Waals surface area contributed by atoms with Crippen molar-refractivity contribution < 1.29 is 14.7 Å². The largest absolute Gasteiger partial charge is 0.465 e. The first-order valence-electron chi connectivity index (χ1n) is 4.65. The van der Waals surface area contributed by atoms with Gasteiger partial charge in [-0.3, -0.25) is 4.79 Å². The van der Waals surface area contributed by atoms with Gasteiger partial charge in [-0.15, -0.1) is 0 Å². The predicted molar refractivity (Wildman–Crippen MR) is 50.1 cm³/mol. The molecule has 0 bridgehead atoms. The van der Waals surface area contributed by atoms with E-state index in [0.29, 0.717) is 13.1 Å². The lowest BCUT2D eigenvalue weighted by Gasteiger charge is -2.19. The number of nitrogens with one attached hydrogen (secondary N) is 2. The van der Waals surface area contributed by atoms with Crippen LogP contribution in [0.15, 0.2) is 0 Å². The van der Waals surface area contributed by atoms with E-state index in [2.05, 4.69) is 10.6 Å². The highest BCUT2D eigenvalue weighted by Crippen LogP contribution is 1.95. The minimum absolute atomic E-state index is 0.130. The topological polar surface area (TPSA) is 81.7 Å². The first-order valence-corrected chi connectivity index (χ1v) is 4.65. The molecule has 0 saturated carbocycles. The molecular formula is C8H15N3O3. The van der Waals surface area contributed by atoms with Gasteiger partial charge in [0.15, 0.2) is 0 Å². The summed E-state index contributed by atoms with van der Waals surface area (Å²) in [4.78, 5) is 23.3. The molecule has 0 unspecified atom stereocenters. The average Bonchev–Trinajstić information content (AvgIpc) is 2.42. The van der Waals surface area contributed by atoms with Crippen LogP contribution in [0.25, 0.3) is 0 Å². The second-order valence-corrected chi connectivity index (χ2v) is 3.14. The molecule has 0 radical (unpaired) electrons. The number of nitrogens with zero attached hydrogens (tertiary/aromatic N) is 1. The van der Waals surface area contributed by atoms with E-state index in [9.17, 15) is 9.59 Å². The first-order chi connectivity index (χ1) is 6.70. The van der Waals surface area contributed by atoms with E-state index < -0.39 is 6.09 Å². The molecule has 1 aliphatic rings. The van der Waals surface area contributed by atoms with Crippen LogP contribution in [-0.2, 0) is 4.79 Å². The Morgan fingerprint density at radius 3 is 2.86 bits per heavy atom. The Labute approximate surface area is 82.3 Å². The van der Waals surface area contributed by atoms with Crippen LogP contribution in [-0.4, -0.2) is 54.7 Å². The van der Waals surface area contributed by atoms with Crippen molar-refractivity contribution in [2.24, 2.45) is 0 Å². The van der Waals surface area contributed by atoms with Gasteiger partial charge in [0.1, 0.15) is 6.54 Å². The molecule has 1 rings (SSSR count). The van der Waals surface area contributed by atoms with Crippen molar-refractivity contribution >= 4 is 12.0 Å². The Kier molecular flexibility index (Phi) is 4.18. The Balaban J connectivity index is 2.30. The summed E-state index contributed by atoms with van der Waals surface area (Å²) in [5.41, 5.74) is 0. The van der Waals surface area contributed by atoms with Gasteiger partial charge in [0.05, 0.1) is 0 Å². The van der Waals surface area contributed by atoms with Gasteiger partial charge in [-0.1, -0.05) is 0 Å². The van der Waals surface area contributed by atoms with Crippen LogP contribution in [0, 0.1) is 0 Å². The van der Waals surface area contributed by atoms with Gasteiger partial charge in [-0.2, -0.15) is 0 Å². The SMILES string of the molecule is O=C(O)NCC(=O)N1CCCNCC1. The molecule has 0 atom stereocenters. The molecule has 0 aromatic heterocycles. The molecule has 80 valence electrons. The van der Waals surface area contributed by atoms with Gasteiger partial charge in [-0.25, -0.2) is 4.79 Å².